The van der Waals surface area contributed by atoms with Crippen molar-refractivity contribution in [3.63, 3.8) is 0 Å². The van der Waals surface area contributed by atoms with Crippen molar-refractivity contribution >= 4 is 18.0 Å². The molecule has 204 valence electrons. The molecule has 39 heavy (non-hydrogen) atoms. The predicted molar refractivity (Wildman–Crippen MR) is 149 cm³/mol. The van der Waals surface area contributed by atoms with Gasteiger partial charge in [-0.15, -0.1) is 6.58 Å². The number of nitrogens with zero attached hydrogens (tertiary/aromatic N) is 2. The molecule has 4 aliphatic rings. The first-order valence-corrected chi connectivity index (χ1v) is 13.8. The molecule has 7 nitrogen and oxygen atoms in total. The number of hydrogen-bond donors (Lipinski definition) is 0. The smallest absolute Gasteiger partial charge is 0.308 e. The van der Waals surface area contributed by atoms with Crippen LogP contribution >= 0.6 is 0 Å². The van der Waals surface area contributed by atoms with E-state index in [2.05, 4.69) is 11.5 Å². The Bertz CT molecular complexity index is 1340. The van der Waals surface area contributed by atoms with Gasteiger partial charge in [-0.2, -0.15) is 0 Å². The van der Waals surface area contributed by atoms with E-state index in [0.717, 1.165) is 61.2 Å². The number of carbonyl (C=O) groups is 2. The number of carbonyl (C=O) groups excluding carboxylic acids is 2. The molecule has 5 atom stereocenters. The molecular formula is C32H36N2O5. The molecule has 2 aliphatic heterocycles. The zero-order valence-corrected chi connectivity index (χ0v) is 22.9. The van der Waals surface area contributed by atoms with Crippen molar-refractivity contribution in [1.82, 2.24) is 9.80 Å². The van der Waals surface area contributed by atoms with Crippen molar-refractivity contribution in [3.8, 4) is 17.2 Å². The summed E-state index contributed by atoms with van der Waals surface area (Å²) in [5, 5.41) is 0. The fourth-order valence-corrected chi connectivity index (χ4v) is 7.84. The van der Waals surface area contributed by atoms with Crippen LogP contribution in [0.2, 0.25) is 0 Å². The van der Waals surface area contributed by atoms with Crippen LogP contribution in [0.25, 0.3) is 6.08 Å². The molecule has 1 amide bonds. The van der Waals surface area contributed by atoms with Crippen LogP contribution in [0.4, 0.5) is 0 Å². The minimum atomic E-state index is -0.353. The van der Waals surface area contributed by atoms with Gasteiger partial charge >= 0.3 is 5.97 Å². The monoisotopic (exact) mass is 528 g/mol. The highest BCUT2D eigenvalue weighted by Gasteiger charge is 2.67. The van der Waals surface area contributed by atoms with Gasteiger partial charge in [0.05, 0.1) is 13.2 Å². The number of benzene rings is 2. The Labute approximate surface area is 230 Å². The molecule has 1 spiro atoms. The molecule has 0 aromatic heterocycles. The summed E-state index contributed by atoms with van der Waals surface area (Å²) >= 11 is 0. The highest BCUT2D eigenvalue weighted by molar-refractivity contribution is 5.92. The molecule has 2 bridgehead atoms. The molecule has 0 radical (unpaired) electrons. The third-order valence-electron chi connectivity index (χ3n) is 9.37. The molecule has 2 aromatic rings. The van der Waals surface area contributed by atoms with Gasteiger partial charge in [-0.25, -0.2) is 0 Å². The predicted octanol–water partition coefficient (Wildman–Crippen LogP) is 4.39. The Balaban J connectivity index is 1.42. The van der Waals surface area contributed by atoms with Gasteiger partial charge in [0.15, 0.2) is 11.5 Å². The molecule has 1 saturated carbocycles. The number of likely N-dealkylation sites (tertiary alicyclic amines) is 1. The maximum atomic E-state index is 13.4. The van der Waals surface area contributed by atoms with Gasteiger partial charge in [0, 0.05) is 55.2 Å². The molecule has 0 N–H and O–H groups in total. The summed E-state index contributed by atoms with van der Waals surface area (Å²) in [6.45, 7) is 7.17. The lowest BCUT2D eigenvalue weighted by Crippen LogP contribution is -2.68. The summed E-state index contributed by atoms with van der Waals surface area (Å²) in [5.41, 5.74) is 2.88. The lowest BCUT2D eigenvalue weighted by atomic mass is 9.51. The summed E-state index contributed by atoms with van der Waals surface area (Å²) in [7, 11) is 3.51. The molecule has 2 aliphatic carbocycles. The van der Waals surface area contributed by atoms with E-state index in [1.165, 1.54) is 6.92 Å². The zero-order valence-electron chi connectivity index (χ0n) is 22.9. The largest absolute Gasteiger partial charge is 0.493 e. The third kappa shape index (κ3) is 3.97. The molecule has 2 fully saturated rings. The van der Waals surface area contributed by atoms with Crippen molar-refractivity contribution in [1.29, 1.82) is 0 Å². The minimum absolute atomic E-state index is 0.0393. The maximum absolute atomic E-state index is 13.4. The first-order valence-electron chi connectivity index (χ1n) is 13.8. The highest BCUT2D eigenvalue weighted by atomic mass is 16.5. The Morgan fingerprint density at radius 1 is 1.23 bits per heavy atom. The molecule has 2 aromatic carbocycles. The van der Waals surface area contributed by atoms with E-state index < -0.39 is 0 Å². The fraction of sp³-hybridized carbons (Fsp3) is 0.438. The van der Waals surface area contributed by atoms with Gasteiger partial charge in [-0.1, -0.05) is 36.4 Å². The van der Waals surface area contributed by atoms with Crippen molar-refractivity contribution in [2.24, 2.45) is 5.92 Å². The summed E-state index contributed by atoms with van der Waals surface area (Å²) in [5.74, 6) is 1.86. The summed E-state index contributed by atoms with van der Waals surface area (Å²) in [6, 6.07) is 11.8. The van der Waals surface area contributed by atoms with E-state index in [-0.39, 0.29) is 35.5 Å². The highest BCUT2D eigenvalue weighted by Crippen LogP contribution is 2.65. The van der Waals surface area contributed by atoms with Crippen LogP contribution in [0.5, 0.6) is 17.2 Å². The molecule has 1 saturated heterocycles. The van der Waals surface area contributed by atoms with Crippen LogP contribution in [-0.2, 0) is 21.4 Å². The number of amides is 1. The summed E-state index contributed by atoms with van der Waals surface area (Å²) < 4.78 is 18.4. The second-order valence-corrected chi connectivity index (χ2v) is 11.2. The van der Waals surface area contributed by atoms with E-state index in [1.807, 2.05) is 54.4 Å². The van der Waals surface area contributed by atoms with Crippen LogP contribution in [0, 0.1) is 5.92 Å². The summed E-state index contributed by atoms with van der Waals surface area (Å²) in [4.78, 5) is 29.9. The van der Waals surface area contributed by atoms with Gasteiger partial charge in [0.25, 0.3) is 0 Å². The Morgan fingerprint density at radius 2 is 2.03 bits per heavy atom. The van der Waals surface area contributed by atoms with Crippen LogP contribution in [0.15, 0.2) is 55.1 Å². The van der Waals surface area contributed by atoms with Crippen LogP contribution in [0.3, 0.4) is 0 Å². The van der Waals surface area contributed by atoms with Gasteiger partial charge in [0.2, 0.25) is 5.91 Å². The summed E-state index contributed by atoms with van der Waals surface area (Å²) in [6.07, 6.45) is 8.81. The van der Waals surface area contributed by atoms with Crippen molar-refractivity contribution < 1.29 is 23.8 Å². The Morgan fingerprint density at radius 3 is 2.74 bits per heavy atom. The first-order chi connectivity index (χ1) is 18.9. The molecule has 2 heterocycles. The lowest BCUT2D eigenvalue weighted by Gasteiger charge is -2.60. The minimum Gasteiger partial charge on any atom is -0.493 e. The average Bonchev–Trinajstić information content (AvgIpc) is 3.28. The van der Waals surface area contributed by atoms with Crippen molar-refractivity contribution in [3.05, 3.63) is 71.8 Å². The van der Waals surface area contributed by atoms with E-state index in [9.17, 15) is 9.59 Å². The van der Waals surface area contributed by atoms with E-state index in [0.29, 0.717) is 17.4 Å². The average molecular weight is 529 g/mol. The normalized spacial score (nSPS) is 28.4. The first kappa shape index (κ1) is 25.7. The Hall–Kier alpha value is -3.58. The molecular weight excluding hydrogens is 492 g/mol. The Kier molecular flexibility index (Phi) is 6.50. The number of piperidine rings is 1. The van der Waals surface area contributed by atoms with Gasteiger partial charge in [-0.05, 0) is 49.8 Å². The quantitative estimate of drug-likeness (QED) is 0.230. The maximum Gasteiger partial charge on any atom is 0.308 e. The SMILES string of the molecule is C=CCN1CC[C@]23c4c5c(OC(C)=O)cc(OC)c4O[C@H]2[C@H](N(C)C(=O)C=Cc2ccccc2)CC[C@H]3[C@H]1C5. The van der Waals surface area contributed by atoms with Gasteiger partial charge < -0.3 is 19.1 Å². The standard InChI is InChI=1S/C32H36N2O5/c1-5-16-34-17-15-32-23-12-13-24(33(3)28(36)14-11-21-9-7-6-8-10-21)31(32)39-30-27(37-4)19-26(38-20(2)35)22(29(30)32)18-25(23)34/h5-11,14,19,23-25,31H,1,12-13,15-18H2,2-4H3/t23-,24+,25+,31-,32-/m0/s1. The topological polar surface area (TPSA) is 68.3 Å². The van der Waals surface area contributed by atoms with Crippen molar-refractivity contribution in [2.45, 2.75) is 56.2 Å². The third-order valence-corrected chi connectivity index (χ3v) is 9.37. The zero-order chi connectivity index (χ0) is 27.3. The number of hydrogen-bond acceptors (Lipinski definition) is 6. The van der Waals surface area contributed by atoms with Crippen LogP contribution in [0.1, 0.15) is 42.9 Å². The van der Waals surface area contributed by atoms with Gasteiger partial charge in [-0.3, -0.25) is 14.5 Å². The molecule has 6 rings (SSSR count). The van der Waals surface area contributed by atoms with Crippen molar-refractivity contribution in [2.75, 3.05) is 27.2 Å². The molecule has 7 heteroatoms. The number of rotatable bonds is 7. The fourth-order valence-electron chi connectivity index (χ4n) is 7.84. The number of esters is 1. The second kappa shape index (κ2) is 9.87. The lowest BCUT2D eigenvalue weighted by molar-refractivity contribution is -0.135. The van der Waals surface area contributed by atoms with E-state index in [4.69, 9.17) is 14.2 Å². The number of methoxy groups -OCH3 is 1. The van der Waals surface area contributed by atoms with Crippen LogP contribution < -0.4 is 14.2 Å². The van der Waals surface area contributed by atoms with E-state index >= 15 is 0 Å². The van der Waals surface area contributed by atoms with Gasteiger partial charge in [0.1, 0.15) is 11.9 Å². The van der Waals surface area contributed by atoms with Crippen LogP contribution in [-0.4, -0.2) is 67.1 Å². The second-order valence-electron chi connectivity index (χ2n) is 11.2. The number of ether oxygens (including phenoxy) is 3. The van der Waals surface area contributed by atoms with E-state index in [1.54, 1.807) is 19.3 Å². The number of likely N-dealkylation sites (N-methyl/N-ethyl adjacent to an activating group) is 1. The molecule has 0 unspecified atom stereocenters.